The van der Waals surface area contributed by atoms with Gasteiger partial charge in [0.1, 0.15) is 17.2 Å². The van der Waals surface area contributed by atoms with Gasteiger partial charge >= 0.3 is 0 Å². The van der Waals surface area contributed by atoms with Crippen molar-refractivity contribution in [3.05, 3.63) is 36.3 Å². The number of rotatable bonds is 5. The van der Waals surface area contributed by atoms with E-state index < -0.39 is 5.91 Å². The summed E-state index contributed by atoms with van der Waals surface area (Å²) in [7, 11) is 0. The summed E-state index contributed by atoms with van der Waals surface area (Å²) >= 11 is 0. The highest BCUT2D eigenvalue weighted by Gasteiger charge is 2.24. The topological polar surface area (TPSA) is 114 Å². The van der Waals surface area contributed by atoms with Gasteiger partial charge in [-0.05, 0) is 31.0 Å². The van der Waals surface area contributed by atoms with Crippen molar-refractivity contribution in [2.75, 3.05) is 36.4 Å². The van der Waals surface area contributed by atoms with Crippen molar-refractivity contribution in [1.29, 1.82) is 0 Å². The summed E-state index contributed by atoms with van der Waals surface area (Å²) in [5.74, 6) is 0.709. The lowest BCUT2D eigenvalue weighted by atomic mass is 10.2. The van der Waals surface area contributed by atoms with Crippen LogP contribution in [0, 0.1) is 0 Å². The Hall–Kier alpha value is -3.20. The molecule has 4 N–H and O–H groups in total. The van der Waals surface area contributed by atoms with Crippen molar-refractivity contribution >= 4 is 34.4 Å². The number of piperazine rings is 1. The Morgan fingerprint density at radius 3 is 2.63 bits per heavy atom. The first kappa shape index (κ1) is 18.8. The van der Waals surface area contributed by atoms with Crippen LogP contribution in [-0.2, 0) is 0 Å². The second-order valence-electron chi connectivity index (χ2n) is 7.94. The standard InChI is InChI=1S/C21H26N8O/c22-19(30)17-11-14-12-25-21(27-20(14)29(17)15-3-1-2-4-15)26-18-6-5-16(13-24-18)28-9-7-23-8-10-28/h5-6,11-13,15,23H,1-4,7-10H2,(H2,22,30)(H,24,25,26,27). The van der Waals surface area contributed by atoms with Crippen LogP contribution >= 0.6 is 0 Å². The number of pyridine rings is 1. The maximum absolute atomic E-state index is 12.0. The third kappa shape index (κ3) is 3.56. The van der Waals surface area contributed by atoms with Crippen LogP contribution in [-0.4, -0.2) is 51.6 Å². The number of carbonyl (C=O) groups is 1. The molecule has 3 aromatic heterocycles. The fourth-order valence-corrected chi connectivity index (χ4v) is 4.47. The first-order valence-corrected chi connectivity index (χ1v) is 10.6. The van der Waals surface area contributed by atoms with Gasteiger partial charge in [-0.25, -0.2) is 9.97 Å². The highest BCUT2D eigenvalue weighted by atomic mass is 16.1. The Balaban J connectivity index is 1.42. The summed E-state index contributed by atoms with van der Waals surface area (Å²) in [6, 6.07) is 6.05. The summed E-state index contributed by atoms with van der Waals surface area (Å²) in [6.07, 6.45) is 7.98. The number of aromatic nitrogens is 4. The zero-order valence-corrected chi connectivity index (χ0v) is 16.8. The largest absolute Gasteiger partial charge is 0.368 e. The second-order valence-corrected chi connectivity index (χ2v) is 7.94. The van der Waals surface area contributed by atoms with Gasteiger partial charge in [0, 0.05) is 43.8 Å². The Kier molecular flexibility index (Phi) is 4.96. The molecule has 4 heterocycles. The Labute approximate surface area is 174 Å². The molecule has 9 heteroatoms. The van der Waals surface area contributed by atoms with Crippen molar-refractivity contribution in [3.8, 4) is 0 Å². The van der Waals surface area contributed by atoms with Crippen LogP contribution in [0.2, 0.25) is 0 Å². The third-order valence-electron chi connectivity index (χ3n) is 5.99. The number of hydrogen-bond donors (Lipinski definition) is 3. The van der Waals surface area contributed by atoms with Crippen molar-refractivity contribution in [1.82, 2.24) is 24.8 Å². The lowest BCUT2D eigenvalue weighted by Crippen LogP contribution is -2.43. The van der Waals surface area contributed by atoms with Crippen molar-refractivity contribution in [3.63, 3.8) is 0 Å². The van der Waals surface area contributed by atoms with Crippen LogP contribution in [0.4, 0.5) is 17.5 Å². The monoisotopic (exact) mass is 406 g/mol. The molecule has 0 aromatic carbocycles. The van der Waals surface area contributed by atoms with E-state index in [4.69, 9.17) is 10.7 Å². The first-order chi connectivity index (χ1) is 14.7. The van der Waals surface area contributed by atoms with E-state index in [1.54, 1.807) is 12.3 Å². The molecule has 3 aromatic rings. The van der Waals surface area contributed by atoms with Crippen LogP contribution in [0.15, 0.2) is 30.6 Å². The minimum atomic E-state index is -0.431. The molecule has 9 nitrogen and oxygen atoms in total. The van der Waals surface area contributed by atoms with E-state index in [-0.39, 0.29) is 6.04 Å². The Morgan fingerprint density at radius 1 is 1.13 bits per heavy atom. The zero-order chi connectivity index (χ0) is 20.5. The molecular formula is C21H26N8O. The molecule has 1 saturated heterocycles. The average Bonchev–Trinajstić information content (AvgIpc) is 3.42. The summed E-state index contributed by atoms with van der Waals surface area (Å²) in [4.78, 5) is 28.0. The molecule has 30 heavy (non-hydrogen) atoms. The fourth-order valence-electron chi connectivity index (χ4n) is 4.47. The van der Waals surface area contributed by atoms with Gasteiger partial charge in [-0.1, -0.05) is 12.8 Å². The number of primary amides is 1. The van der Waals surface area contributed by atoms with Gasteiger partial charge in [0.05, 0.1) is 11.9 Å². The molecule has 0 radical (unpaired) electrons. The number of nitrogens with two attached hydrogens (primary N) is 1. The Morgan fingerprint density at radius 2 is 1.93 bits per heavy atom. The molecule has 0 unspecified atom stereocenters. The number of nitrogens with one attached hydrogen (secondary N) is 2. The molecule has 1 aliphatic heterocycles. The smallest absolute Gasteiger partial charge is 0.265 e. The summed E-state index contributed by atoms with van der Waals surface area (Å²) < 4.78 is 2.00. The van der Waals surface area contributed by atoms with Gasteiger partial charge in [-0.15, -0.1) is 0 Å². The van der Waals surface area contributed by atoms with E-state index in [1.165, 1.54) is 0 Å². The molecule has 0 bridgehead atoms. The molecule has 2 aliphatic rings. The molecule has 1 saturated carbocycles. The number of hydrogen-bond acceptors (Lipinski definition) is 7. The zero-order valence-electron chi connectivity index (χ0n) is 16.8. The number of anilines is 3. The molecule has 1 aliphatic carbocycles. The highest BCUT2D eigenvalue weighted by Crippen LogP contribution is 2.34. The quantitative estimate of drug-likeness (QED) is 0.595. The van der Waals surface area contributed by atoms with E-state index in [1.807, 2.05) is 16.8 Å². The molecular weight excluding hydrogens is 380 g/mol. The third-order valence-corrected chi connectivity index (χ3v) is 5.99. The minimum absolute atomic E-state index is 0.254. The molecule has 156 valence electrons. The van der Waals surface area contributed by atoms with E-state index in [0.717, 1.165) is 68.6 Å². The van der Waals surface area contributed by atoms with E-state index in [9.17, 15) is 4.79 Å². The predicted molar refractivity (Wildman–Crippen MR) is 116 cm³/mol. The summed E-state index contributed by atoms with van der Waals surface area (Å²) in [5, 5.41) is 7.37. The Bertz CT molecular complexity index is 1050. The van der Waals surface area contributed by atoms with Crippen molar-refractivity contribution in [2.24, 2.45) is 5.73 Å². The van der Waals surface area contributed by atoms with Crippen molar-refractivity contribution < 1.29 is 4.79 Å². The normalized spacial score (nSPS) is 17.5. The van der Waals surface area contributed by atoms with Gasteiger partial charge in [-0.2, -0.15) is 4.98 Å². The lowest BCUT2D eigenvalue weighted by Gasteiger charge is -2.29. The molecule has 0 atom stereocenters. The minimum Gasteiger partial charge on any atom is -0.368 e. The number of nitrogens with zero attached hydrogens (tertiary/aromatic N) is 5. The van der Waals surface area contributed by atoms with Crippen LogP contribution < -0.4 is 21.3 Å². The maximum Gasteiger partial charge on any atom is 0.265 e. The maximum atomic E-state index is 12.0. The number of carbonyl (C=O) groups excluding carboxylic acids is 1. The fraction of sp³-hybridized carbons (Fsp3) is 0.429. The van der Waals surface area contributed by atoms with Gasteiger partial charge in [-0.3, -0.25) is 4.79 Å². The van der Waals surface area contributed by atoms with E-state index in [2.05, 4.69) is 31.6 Å². The molecule has 0 spiro atoms. The predicted octanol–water partition coefficient (Wildman–Crippen LogP) is 2.19. The average molecular weight is 406 g/mol. The number of fused-ring (bicyclic) bond motifs is 1. The van der Waals surface area contributed by atoms with Gasteiger partial charge in [0.25, 0.3) is 5.91 Å². The van der Waals surface area contributed by atoms with Crippen LogP contribution in [0.25, 0.3) is 11.0 Å². The van der Waals surface area contributed by atoms with Crippen molar-refractivity contribution in [2.45, 2.75) is 31.7 Å². The number of amides is 1. The van der Waals surface area contributed by atoms with Gasteiger partial charge < -0.3 is 25.8 Å². The van der Waals surface area contributed by atoms with Crippen LogP contribution in [0.5, 0.6) is 0 Å². The lowest BCUT2D eigenvalue weighted by molar-refractivity contribution is 0.0990. The molecule has 2 fully saturated rings. The highest BCUT2D eigenvalue weighted by molar-refractivity contribution is 5.97. The van der Waals surface area contributed by atoms with Crippen LogP contribution in [0.3, 0.4) is 0 Å². The van der Waals surface area contributed by atoms with Gasteiger partial charge in [0.2, 0.25) is 5.95 Å². The molecule has 5 rings (SSSR count). The molecule has 1 amide bonds. The van der Waals surface area contributed by atoms with E-state index in [0.29, 0.717) is 17.5 Å². The first-order valence-electron chi connectivity index (χ1n) is 10.6. The van der Waals surface area contributed by atoms with Crippen LogP contribution in [0.1, 0.15) is 42.2 Å². The summed E-state index contributed by atoms with van der Waals surface area (Å²) in [6.45, 7) is 3.94. The second kappa shape index (κ2) is 7.91. The van der Waals surface area contributed by atoms with E-state index >= 15 is 0 Å². The van der Waals surface area contributed by atoms with Gasteiger partial charge in [0.15, 0.2) is 0 Å². The summed E-state index contributed by atoms with van der Waals surface area (Å²) in [5.41, 5.74) is 8.00. The SMILES string of the molecule is NC(=O)c1cc2cnc(Nc3ccc(N4CCNCC4)cn3)nc2n1C1CCCC1.